The highest BCUT2D eigenvalue weighted by molar-refractivity contribution is 5.81. The summed E-state index contributed by atoms with van der Waals surface area (Å²) in [7, 11) is 0. The minimum absolute atomic E-state index is 0.0433. The van der Waals surface area contributed by atoms with E-state index in [4.69, 9.17) is 24.2 Å². The van der Waals surface area contributed by atoms with Crippen molar-refractivity contribution in [2.24, 2.45) is 11.8 Å². The smallest absolute Gasteiger partial charge is 0.309 e. The quantitative estimate of drug-likeness (QED) is 0.112. The molecule has 2 aliphatic heterocycles. The van der Waals surface area contributed by atoms with Crippen LogP contribution >= 0.6 is 0 Å². The Bertz CT molecular complexity index is 2560. The molecule has 0 atom stereocenters. The van der Waals surface area contributed by atoms with Crippen molar-refractivity contribution in [1.29, 1.82) is 0 Å². The normalized spacial score (nSPS) is 22.0. The van der Waals surface area contributed by atoms with Crippen LogP contribution in [0.4, 0.5) is 0 Å². The highest BCUT2D eigenvalue weighted by Gasteiger charge is 2.28. The molecule has 0 unspecified atom stereocenters. The number of esters is 1. The minimum atomic E-state index is -0.666. The van der Waals surface area contributed by atoms with Crippen molar-refractivity contribution >= 4 is 33.7 Å². The van der Waals surface area contributed by atoms with Crippen molar-refractivity contribution in [3.8, 4) is 11.5 Å². The lowest BCUT2D eigenvalue weighted by atomic mass is 9.83. The van der Waals surface area contributed by atoms with Gasteiger partial charge in [0.05, 0.1) is 53.1 Å². The third kappa shape index (κ3) is 12.6. The zero-order valence-electron chi connectivity index (χ0n) is 39.7. The lowest BCUT2D eigenvalue weighted by Gasteiger charge is -2.30. The molecule has 1 N–H and O–H groups in total. The Morgan fingerprint density at radius 3 is 1.37 bits per heavy atom. The Kier molecular flexibility index (Phi) is 16.0. The van der Waals surface area contributed by atoms with E-state index in [9.17, 15) is 14.7 Å². The lowest BCUT2D eigenvalue weighted by molar-refractivity contribution is -0.149. The number of hydrogen-bond donors (Lipinski definition) is 1. The number of piperidine rings is 2. The van der Waals surface area contributed by atoms with Crippen molar-refractivity contribution in [3.05, 3.63) is 144 Å². The van der Waals surface area contributed by atoms with Gasteiger partial charge in [0.15, 0.2) is 0 Å². The molecule has 10 heteroatoms. The van der Waals surface area contributed by atoms with E-state index >= 15 is 0 Å². The number of carboxylic acid groups (broad SMARTS) is 1. The maximum atomic E-state index is 12.0. The largest absolute Gasteiger partial charge is 0.490 e. The molecule has 356 valence electrons. The van der Waals surface area contributed by atoms with Gasteiger partial charge in [0.2, 0.25) is 0 Å². The maximum Gasteiger partial charge on any atom is 0.309 e. The average Bonchev–Trinajstić information content (AvgIpc) is 3.38. The van der Waals surface area contributed by atoms with Crippen LogP contribution in [-0.4, -0.2) is 81.8 Å². The third-order valence-electron chi connectivity index (χ3n) is 14.8. The number of carbonyl (C=O) groups is 2. The van der Waals surface area contributed by atoms with E-state index in [2.05, 4.69) is 125 Å². The molecule has 0 bridgehead atoms. The molecule has 10 rings (SSSR count). The molecular weight excluding hydrogens is 849 g/mol. The van der Waals surface area contributed by atoms with Gasteiger partial charge in [-0.25, -0.2) is 0 Å². The number of pyridine rings is 2. The minimum Gasteiger partial charge on any atom is -0.490 e. The first-order valence-corrected chi connectivity index (χ1v) is 25.4. The van der Waals surface area contributed by atoms with Gasteiger partial charge in [-0.15, -0.1) is 0 Å². The van der Waals surface area contributed by atoms with E-state index in [1.54, 1.807) is 0 Å². The number of carbonyl (C=O) groups excluding carboxylic acids is 1. The van der Waals surface area contributed by atoms with Crippen molar-refractivity contribution in [3.63, 3.8) is 0 Å². The molecule has 2 saturated heterocycles. The standard InChI is InChI=1S/C30H36N2O3.C28H32N2O3/c1-2-34-30(33)24-16-18-32(19-17-24)21-26-11-8-25-20-28(14-15-29(25)31-26)35-27-12-9-23(10-13-27)22-6-4-3-5-7-22;31-28(32)22-14-16-30(17-15-22)19-24-9-6-23-18-26(12-13-27(23)29-24)33-25-10-7-21(8-11-25)20-4-2-1-3-5-20/h3-8,11,14-15,20,23-24,27H,2,9-10,12-13,16-19,21H2,1H3;1-6,9,12-13,18,21-22,25H,7-8,10-11,14-17,19H2,(H,31,32). The summed E-state index contributed by atoms with van der Waals surface area (Å²) in [5.74, 6) is 2.32. The monoisotopic (exact) mass is 917 g/mol. The van der Waals surface area contributed by atoms with Crippen molar-refractivity contribution in [2.45, 2.75) is 121 Å². The first kappa shape index (κ1) is 47.2. The summed E-state index contributed by atoms with van der Waals surface area (Å²) in [6.07, 6.45) is 12.8. The molecule has 4 fully saturated rings. The number of aliphatic carboxylic acids is 1. The van der Waals surface area contributed by atoms with Gasteiger partial charge in [0.25, 0.3) is 0 Å². The number of rotatable bonds is 13. The van der Waals surface area contributed by atoms with Gasteiger partial charge in [-0.3, -0.25) is 29.4 Å². The highest BCUT2D eigenvalue weighted by atomic mass is 16.5. The second-order valence-corrected chi connectivity index (χ2v) is 19.5. The molecule has 2 aliphatic carbocycles. The maximum absolute atomic E-state index is 12.0. The highest BCUT2D eigenvalue weighted by Crippen LogP contribution is 2.37. The van der Waals surface area contributed by atoms with Crippen LogP contribution in [0.25, 0.3) is 21.8 Å². The molecule has 0 amide bonds. The van der Waals surface area contributed by atoms with Crippen LogP contribution < -0.4 is 9.47 Å². The predicted octanol–water partition coefficient (Wildman–Crippen LogP) is 11.8. The Morgan fingerprint density at radius 1 is 0.529 bits per heavy atom. The molecular formula is C58H68N4O6. The van der Waals surface area contributed by atoms with Crippen LogP contribution in [0.3, 0.4) is 0 Å². The summed E-state index contributed by atoms with van der Waals surface area (Å²) >= 11 is 0. The van der Waals surface area contributed by atoms with E-state index in [0.29, 0.717) is 18.4 Å². The van der Waals surface area contributed by atoms with Gasteiger partial charge in [-0.05, 0) is 182 Å². The number of aromatic nitrogens is 2. The SMILES string of the molecule is CCOC(=O)C1CCN(Cc2ccc3cc(OC4CCC(c5ccccc5)CC4)ccc3n2)CC1.O=C(O)C1CCN(Cc2ccc3cc(OC4CCC(c5ccccc5)CC4)ccc3n2)CC1. The van der Waals surface area contributed by atoms with E-state index in [0.717, 1.165) is 135 Å². The number of nitrogens with zero attached hydrogens (tertiary/aromatic N) is 4. The van der Waals surface area contributed by atoms with E-state index in [1.807, 2.05) is 13.0 Å². The van der Waals surface area contributed by atoms with E-state index in [-0.39, 0.29) is 30.0 Å². The van der Waals surface area contributed by atoms with Crippen molar-refractivity contribution in [1.82, 2.24) is 19.8 Å². The van der Waals surface area contributed by atoms with Gasteiger partial charge in [0, 0.05) is 23.9 Å². The van der Waals surface area contributed by atoms with Gasteiger partial charge < -0.3 is 19.3 Å². The molecule has 4 aromatic carbocycles. The first-order chi connectivity index (χ1) is 33.3. The summed E-state index contributed by atoms with van der Waals surface area (Å²) in [6.45, 7) is 7.35. The van der Waals surface area contributed by atoms with Gasteiger partial charge in [-0.2, -0.15) is 0 Å². The molecule has 10 nitrogen and oxygen atoms in total. The first-order valence-electron chi connectivity index (χ1n) is 25.4. The number of hydrogen-bond acceptors (Lipinski definition) is 9. The number of likely N-dealkylation sites (tertiary alicyclic amines) is 2. The summed E-state index contributed by atoms with van der Waals surface area (Å²) in [6, 6.07) is 42.7. The van der Waals surface area contributed by atoms with Crippen LogP contribution in [0.2, 0.25) is 0 Å². The Morgan fingerprint density at radius 2 is 0.956 bits per heavy atom. The molecule has 2 saturated carbocycles. The van der Waals surface area contributed by atoms with Crippen LogP contribution in [0.5, 0.6) is 11.5 Å². The second-order valence-electron chi connectivity index (χ2n) is 19.5. The summed E-state index contributed by atoms with van der Waals surface area (Å²) in [5, 5.41) is 11.4. The third-order valence-corrected chi connectivity index (χ3v) is 14.8. The molecule has 4 heterocycles. The second kappa shape index (κ2) is 23.0. The van der Waals surface area contributed by atoms with Crippen molar-refractivity contribution in [2.75, 3.05) is 32.8 Å². The summed E-state index contributed by atoms with van der Waals surface area (Å²) in [4.78, 5) is 37.5. The zero-order valence-corrected chi connectivity index (χ0v) is 39.7. The lowest BCUT2D eigenvalue weighted by Crippen LogP contribution is -2.36. The van der Waals surface area contributed by atoms with E-state index in [1.165, 1.54) is 36.8 Å². The molecule has 0 spiro atoms. The van der Waals surface area contributed by atoms with Crippen LogP contribution in [0, 0.1) is 11.8 Å². The van der Waals surface area contributed by atoms with Gasteiger partial charge in [0.1, 0.15) is 11.5 Å². The Hall–Kier alpha value is -5.84. The fraction of sp³-hybridized carbons (Fsp3) is 0.448. The van der Waals surface area contributed by atoms with Crippen LogP contribution in [0.15, 0.2) is 121 Å². The van der Waals surface area contributed by atoms with Gasteiger partial charge in [-0.1, -0.05) is 72.8 Å². The molecule has 6 aromatic rings. The number of benzene rings is 4. The van der Waals surface area contributed by atoms with Crippen LogP contribution in [0.1, 0.15) is 118 Å². The fourth-order valence-corrected chi connectivity index (χ4v) is 10.9. The Balaban J connectivity index is 0.000000170. The Labute approximate surface area is 402 Å². The summed E-state index contributed by atoms with van der Waals surface area (Å²) in [5.41, 5.74) is 7.00. The van der Waals surface area contributed by atoms with Crippen molar-refractivity contribution < 1.29 is 28.9 Å². The number of carboxylic acids is 1. The molecule has 68 heavy (non-hydrogen) atoms. The van der Waals surface area contributed by atoms with Gasteiger partial charge >= 0.3 is 11.9 Å². The fourth-order valence-electron chi connectivity index (χ4n) is 10.9. The van der Waals surface area contributed by atoms with E-state index < -0.39 is 5.97 Å². The topological polar surface area (TPSA) is 114 Å². The number of fused-ring (bicyclic) bond motifs is 2. The van der Waals surface area contributed by atoms with Crippen LogP contribution in [-0.2, 0) is 27.4 Å². The molecule has 2 aromatic heterocycles. The molecule has 4 aliphatic rings. The summed E-state index contributed by atoms with van der Waals surface area (Å²) < 4.78 is 17.9. The number of ether oxygens (including phenoxy) is 3. The molecule has 0 radical (unpaired) electrons. The predicted molar refractivity (Wildman–Crippen MR) is 268 cm³/mol. The zero-order chi connectivity index (χ0) is 46.7. The average molecular weight is 917 g/mol.